The quantitative estimate of drug-likeness (QED) is 0.759. The lowest BCUT2D eigenvalue weighted by Gasteiger charge is -2.11. The molecular weight excluding hydrogens is 228 g/mol. The van der Waals surface area contributed by atoms with Gasteiger partial charge in [0.05, 0.1) is 6.54 Å². The van der Waals surface area contributed by atoms with Crippen LogP contribution < -0.4 is 10.6 Å². The van der Waals surface area contributed by atoms with Crippen LogP contribution in [-0.4, -0.2) is 24.3 Å². The monoisotopic (exact) mass is 248 g/mol. The van der Waals surface area contributed by atoms with Crippen LogP contribution in [0.15, 0.2) is 24.3 Å². The lowest BCUT2D eigenvalue weighted by atomic mass is 10.1. The summed E-state index contributed by atoms with van der Waals surface area (Å²) in [5.74, 6) is -0.0582. The van der Waals surface area contributed by atoms with Crippen LogP contribution in [-0.2, 0) is 4.79 Å². The second-order valence-corrected chi connectivity index (χ2v) is 4.37. The number of Topliss-reactive ketones (excluding diaryl/α,β-unsaturated/α-hetero) is 1. The van der Waals surface area contributed by atoms with E-state index in [0.717, 1.165) is 6.42 Å². The third-order valence-electron chi connectivity index (χ3n) is 2.80. The lowest BCUT2D eigenvalue weighted by Crippen LogP contribution is -2.33. The summed E-state index contributed by atoms with van der Waals surface area (Å²) in [6.45, 7) is 5.91. The van der Waals surface area contributed by atoms with Gasteiger partial charge < -0.3 is 10.6 Å². The molecule has 0 saturated heterocycles. The minimum absolute atomic E-state index is 0.0197. The zero-order valence-corrected chi connectivity index (χ0v) is 11.1. The molecular formula is C14H20N2O2. The Balaban J connectivity index is 2.47. The van der Waals surface area contributed by atoms with E-state index in [0.29, 0.717) is 23.8 Å². The fraction of sp³-hybridized carbons (Fsp3) is 0.429. The van der Waals surface area contributed by atoms with Gasteiger partial charge in [-0.25, -0.2) is 0 Å². The molecule has 98 valence electrons. The molecule has 0 aliphatic carbocycles. The Kier molecular flexibility index (Phi) is 5.52. The summed E-state index contributed by atoms with van der Waals surface area (Å²) in [5, 5.41) is 5.89. The SMILES string of the molecule is CCC(C)NCC(=O)Nc1ccc(C(C)=O)cc1. The minimum atomic E-state index is -0.0779. The number of carbonyl (C=O) groups excluding carboxylic acids is 2. The van der Waals surface area contributed by atoms with Crippen LogP contribution in [0.4, 0.5) is 5.69 Å². The van der Waals surface area contributed by atoms with Gasteiger partial charge in [0, 0.05) is 17.3 Å². The highest BCUT2D eigenvalue weighted by atomic mass is 16.2. The molecule has 0 bridgehead atoms. The van der Waals surface area contributed by atoms with Crippen molar-refractivity contribution in [3.05, 3.63) is 29.8 Å². The molecule has 0 spiro atoms. The molecule has 1 aromatic rings. The molecule has 2 N–H and O–H groups in total. The van der Waals surface area contributed by atoms with Gasteiger partial charge in [0.25, 0.3) is 0 Å². The van der Waals surface area contributed by atoms with Crippen LogP contribution in [0.2, 0.25) is 0 Å². The van der Waals surface area contributed by atoms with Gasteiger partial charge in [-0.1, -0.05) is 6.92 Å². The van der Waals surface area contributed by atoms with Crippen LogP contribution >= 0.6 is 0 Å². The number of carbonyl (C=O) groups is 2. The first-order chi connectivity index (χ1) is 8.52. The largest absolute Gasteiger partial charge is 0.325 e. The van der Waals surface area contributed by atoms with Gasteiger partial charge in [0.1, 0.15) is 0 Å². The Morgan fingerprint density at radius 2 is 1.83 bits per heavy atom. The smallest absolute Gasteiger partial charge is 0.238 e. The van der Waals surface area contributed by atoms with Crippen molar-refractivity contribution in [1.29, 1.82) is 0 Å². The molecule has 0 heterocycles. The highest BCUT2D eigenvalue weighted by molar-refractivity contribution is 5.96. The fourth-order valence-corrected chi connectivity index (χ4v) is 1.40. The molecule has 0 radical (unpaired) electrons. The number of benzene rings is 1. The molecule has 4 nitrogen and oxygen atoms in total. The van der Waals surface area contributed by atoms with Crippen LogP contribution in [0.3, 0.4) is 0 Å². The van der Waals surface area contributed by atoms with Crippen LogP contribution in [0.1, 0.15) is 37.6 Å². The molecule has 0 aliphatic rings. The molecule has 1 aromatic carbocycles. The second kappa shape index (κ2) is 6.91. The van der Waals surface area contributed by atoms with Gasteiger partial charge in [-0.2, -0.15) is 0 Å². The van der Waals surface area contributed by atoms with Crippen molar-refractivity contribution in [2.24, 2.45) is 0 Å². The predicted octanol–water partition coefficient (Wildman–Crippen LogP) is 2.22. The average Bonchev–Trinajstić information content (AvgIpc) is 2.36. The van der Waals surface area contributed by atoms with Crippen molar-refractivity contribution in [2.75, 3.05) is 11.9 Å². The Hall–Kier alpha value is -1.68. The molecule has 4 heteroatoms. The van der Waals surface area contributed by atoms with Crippen molar-refractivity contribution in [3.8, 4) is 0 Å². The Morgan fingerprint density at radius 1 is 1.22 bits per heavy atom. The maximum atomic E-state index is 11.6. The highest BCUT2D eigenvalue weighted by Gasteiger charge is 2.05. The first kappa shape index (κ1) is 14.4. The van der Waals surface area contributed by atoms with Crippen molar-refractivity contribution in [3.63, 3.8) is 0 Å². The molecule has 1 amide bonds. The van der Waals surface area contributed by atoms with Gasteiger partial charge >= 0.3 is 0 Å². The number of amides is 1. The molecule has 0 saturated carbocycles. The van der Waals surface area contributed by atoms with Gasteiger partial charge in [0.2, 0.25) is 5.91 Å². The number of hydrogen-bond donors (Lipinski definition) is 2. The van der Waals surface area contributed by atoms with Gasteiger partial charge in [0.15, 0.2) is 5.78 Å². The second-order valence-electron chi connectivity index (χ2n) is 4.37. The third-order valence-corrected chi connectivity index (χ3v) is 2.80. The van der Waals surface area contributed by atoms with Gasteiger partial charge in [-0.05, 0) is 44.5 Å². The summed E-state index contributed by atoms with van der Waals surface area (Å²) in [4.78, 5) is 22.7. The summed E-state index contributed by atoms with van der Waals surface area (Å²) in [5.41, 5.74) is 1.35. The zero-order valence-electron chi connectivity index (χ0n) is 11.1. The molecule has 1 unspecified atom stereocenters. The van der Waals surface area contributed by atoms with Crippen LogP contribution in [0, 0.1) is 0 Å². The van der Waals surface area contributed by atoms with E-state index in [1.807, 2.05) is 6.92 Å². The van der Waals surface area contributed by atoms with E-state index in [4.69, 9.17) is 0 Å². The van der Waals surface area contributed by atoms with E-state index in [9.17, 15) is 9.59 Å². The number of anilines is 1. The van der Waals surface area contributed by atoms with Crippen molar-refractivity contribution < 1.29 is 9.59 Å². The summed E-state index contributed by atoms with van der Waals surface area (Å²) in [6, 6.07) is 7.21. The maximum Gasteiger partial charge on any atom is 0.238 e. The maximum absolute atomic E-state index is 11.6. The van der Waals surface area contributed by atoms with Crippen LogP contribution in [0.5, 0.6) is 0 Å². The van der Waals surface area contributed by atoms with E-state index in [1.54, 1.807) is 24.3 Å². The highest BCUT2D eigenvalue weighted by Crippen LogP contribution is 2.09. The Morgan fingerprint density at radius 3 is 2.33 bits per heavy atom. The number of ketones is 1. The van der Waals surface area contributed by atoms with E-state index in [-0.39, 0.29) is 11.7 Å². The summed E-state index contributed by atoms with van der Waals surface area (Å²) < 4.78 is 0. The van der Waals surface area contributed by atoms with Crippen molar-refractivity contribution in [1.82, 2.24) is 5.32 Å². The molecule has 1 atom stereocenters. The summed E-state index contributed by atoms with van der Waals surface area (Å²) in [7, 11) is 0. The molecule has 0 fully saturated rings. The lowest BCUT2D eigenvalue weighted by molar-refractivity contribution is -0.115. The van der Waals surface area contributed by atoms with E-state index >= 15 is 0 Å². The fourth-order valence-electron chi connectivity index (χ4n) is 1.40. The molecule has 1 rings (SSSR count). The first-order valence-electron chi connectivity index (χ1n) is 6.17. The average molecular weight is 248 g/mol. The number of hydrogen-bond acceptors (Lipinski definition) is 3. The van der Waals surface area contributed by atoms with Crippen molar-refractivity contribution >= 4 is 17.4 Å². The third kappa shape index (κ3) is 4.67. The topological polar surface area (TPSA) is 58.2 Å². The van der Waals surface area contributed by atoms with Crippen LogP contribution in [0.25, 0.3) is 0 Å². The Labute approximate surface area is 108 Å². The molecule has 0 aromatic heterocycles. The van der Waals surface area contributed by atoms with Gasteiger partial charge in [-0.15, -0.1) is 0 Å². The summed E-state index contributed by atoms with van der Waals surface area (Å²) >= 11 is 0. The zero-order chi connectivity index (χ0) is 13.5. The van der Waals surface area contributed by atoms with Crippen molar-refractivity contribution in [2.45, 2.75) is 33.2 Å². The summed E-state index contributed by atoms with van der Waals surface area (Å²) in [6.07, 6.45) is 0.987. The minimum Gasteiger partial charge on any atom is -0.325 e. The molecule has 0 aliphatic heterocycles. The number of nitrogens with one attached hydrogen (secondary N) is 2. The molecule has 18 heavy (non-hydrogen) atoms. The van der Waals surface area contributed by atoms with E-state index < -0.39 is 0 Å². The normalized spacial score (nSPS) is 11.9. The standard InChI is InChI=1S/C14H20N2O2/c1-4-10(2)15-9-14(18)16-13-7-5-12(6-8-13)11(3)17/h5-8,10,15H,4,9H2,1-3H3,(H,16,18). The van der Waals surface area contributed by atoms with E-state index in [2.05, 4.69) is 17.6 Å². The van der Waals surface area contributed by atoms with E-state index in [1.165, 1.54) is 6.92 Å². The predicted molar refractivity (Wildman–Crippen MR) is 72.8 cm³/mol. The Bertz CT molecular complexity index is 412. The number of rotatable bonds is 6. The first-order valence-corrected chi connectivity index (χ1v) is 6.17. The van der Waals surface area contributed by atoms with Gasteiger partial charge in [-0.3, -0.25) is 9.59 Å².